The Hall–Kier alpha value is -1.35. The zero-order valence-electron chi connectivity index (χ0n) is 12.7. The normalized spacial score (nSPS) is 25.1. The van der Waals surface area contributed by atoms with Gasteiger partial charge in [0.25, 0.3) is 0 Å². The van der Waals surface area contributed by atoms with Crippen LogP contribution in [0.1, 0.15) is 38.2 Å². The summed E-state index contributed by atoms with van der Waals surface area (Å²) in [7, 11) is 1.47. The number of esters is 1. The van der Waals surface area contributed by atoms with E-state index in [0.29, 0.717) is 6.04 Å². The fourth-order valence-electron chi connectivity index (χ4n) is 3.11. The summed E-state index contributed by atoms with van der Waals surface area (Å²) >= 11 is 0. The van der Waals surface area contributed by atoms with Crippen molar-refractivity contribution in [3.63, 3.8) is 0 Å². The van der Waals surface area contributed by atoms with Gasteiger partial charge in [0.05, 0.1) is 13.0 Å². The first-order valence-electron chi connectivity index (χ1n) is 7.48. The number of benzene rings is 1. The Labute approximate surface area is 121 Å². The molecule has 3 unspecified atom stereocenters. The number of carbonyl (C=O) groups excluding carboxylic acids is 1. The second-order valence-corrected chi connectivity index (χ2v) is 5.96. The lowest BCUT2D eigenvalue weighted by Crippen LogP contribution is -2.43. The monoisotopic (exact) mass is 275 g/mol. The quantitative estimate of drug-likeness (QED) is 0.791. The van der Waals surface area contributed by atoms with E-state index in [1.54, 1.807) is 0 Å². The van der Waals surface area contributed by atoms with E-state index >= 15 is 0 Å². The Kier molecular flexibility index (Phi) is 5.18. The molecule has 2 rings (SSSR count). The van der Waals surface area contributed by atoms with Crippen LogP contribution in [0.15, 0.2) is 30.3 Å². The van der Waals surface area contributed by atoms with Gasteiger partial charge in [0, 0.05) is 12.6 Å². The van der Waals surface area contributed by atoms with Gasteiger partial charge in [-0.1, -0.05) is 37.3 Å². The number of likely N-dealkylation sites (tertiary alicyclic amines) is 1. The van der Waals surface area contributed by atoms with Crippen LogP contribution in [0.3, 0.4) is 0 Å². The highest BCUT2D eigenvalue weighted by Gasteiger charge is 2.29. The van der Waals surface area contributed by atoms with Gasteiger partial charge in [0.15, 0.2) is 0 Å². The molecule has 0 aliphatic carbocycles. The van der Waals surface area contributed by atoms with Crippen LogP contribution in [0, 0.1) is 5.92 Å². The molecular weight excluding hydrogens is 250 g/mol. The number of rotatable bonds is 4. The Bertz CT molecular complexity index is 432. The van der Waals surface area contributed by atoms with Crippen molar-refractivity contribution in [3.05, 3.63) is 35.9 Å². The average Bonchev–Trinajstić information content (AvgIpc) is 2.46. The van der Waals surface area contributed by atoms with Gasteiger partial charge in [-0.3, -0.25) is 9.69 Å². The maximum atomic E-state index is 12.1. The summed E-state index contributed by atoms with van der Waals surface area (Å²) in [6, 6.07) is 10.5. The molecule has 0 aromatic heterocycles. The Morgan fingerprint density at radius 1 is 1.35 bits per heavy atom. The van der Waals surface area contributed by atoms with Crippen LogP contribution >= 0.6 is 0 Å². The first-order valence-corrected chi connectivity index (χ1v) is 7.48. The van der Waals surface area contributed by atoms with Crippen LogP contribution in [0.5, 0.6) is 0 Å². The van der Waals surface area contributed by atoms with Gasteiger partial charge in [-0.05, 0) is 37.8 Å². The molecule has 1 saturated heterocycles. The van der Waals surface area contributed by atoms with Crippen molar-refractivity contribution in [2.45, 2.75) is 38.6 Å². The summed E-state index contributed by atoms with van der Waals surface area (Å²) in [5.41, 5.74) is 1.05. The molecule has 0 bridgehead atoms. The Morgan fingerprint density at radius 2 is 2.05 bits per heavy atom. The number of hydrogen-bond acceptors (Lipinski definition) is 3. The number of hydrogen-bond donors (Lipinski definition) is 0. The molecule has 0 N–H and O–H groups in total. The van der Waals surface area contributed by atoms with E-state index in [4.69, 9.17) is 4.74 Å². The van der Waals surface area contributed by atoms with Gasteiger partial charge in [0.1, 0.15) is 0 Å². The predicted molar refractivity (Wildman–Crippen MR) is 80.6 cm³/mol. The lowest BCUT2D eigenvalue weighted by atomic mass is 9.91. The second kappa shape index (κ2) is 6.89. The van der Waals surface area contributed by atoms with E-state index in [0.717, 1.165) is 24.6 Å². The molecule has 0 radical (unpaired) electrons. The SMILES string of the molecule is COC(=O)C(CN1CCC(C)CC1C)c1ccccc1. The summed E-state index contributed by atoms with van der Waals surface area (Å²) in [5, 5.41) is 0. The van der Waals surface area contributed by atoms with Crippen molar-refractivity contribution in [1.29, 1.82) is 0 Å². The van der Waals surface area contributed by atoms with Gasteiger partial charge < -0.3 is 4.74 Å². The zero-order valence-corrected chi connectivity index (χ0v) is 12.7. The molecule has 0 spiro atoms. The summed E-state index contributed by atoms with van der Waals surface area (Å²) in [6.45, 7) is 6.39. The highest BCUT2D eigenvalue weighted by Crippen LogP contribution is 2.26. The minimum atomic E-state index is -0.183. The van der Waals surface area contributed by atoms with Crippen molar-refractivity contribution >= 4 is 5.97 Å². The van der Waals surface area contributed by atoms with E-state index in [2.05, 4.69) is 18.7 Å². The lowest BCUT2D eigenvalue weighted by Gasteiger charge is -2.38. The third-order valence-corrected chi connectivity index (χ3v) is 4.38. The molecule has 1 fully saturated rings. The molecule has 3 nitrogen and oxygen atoms in total. The molecular formula is C17H25NO2. The van der Waals surface area contributed by atoms with E-state index in [-0.39, 0.29) is 11.9 Å². The molecule has 110 valence electrons. The predicted octanol–water partition coefficient (Wildman–Crippen LogP) is 3.06. The van der Waals surface area contributed by atoms with Crippen molar-refractivity contribution < 1.29 is 9.53 Å². The van der Waals surface area contributed by atoms with Gasteiger partial charge >= 0.3 is 5.97 Å². The summed E-state index contributed by atoms with van der Waals surface area (Å²) in [5.74, 6) is 0.466. The second-order valence-electron chi connectivity index (χ2n) is 5.96. The number of carbonyl (C=O) groups is 1. The van der Waals surface area contributed by atoms with E-state index < -0.39 is 0 Å². The highest BCUT2D eigenvalue weighted by atomic mass is 16.5. The standard InChI is InChI=1S/C17H25NO2/c1-13-9-10-18(14(2)11-13)12-16(17(19)20-3)15-7-5-4-6-8-15/h4-8,13-14,16H,9-12H2,1-3H3. The molecule has 3 heteroatoms. The fraction of sp³-hybridized carbons (Fsp3) is 0.588. The van der Waals surface area contributed by atoms with Crippen LogP contribution in [0.25, 0.3) is 0 Å². The minimum Gasteiger partial charge on any atom is -0.469 e. The van der Waals surface area contributed by atoms with E-state index in [1.807, 2.05) is 30.3 Å². The van der Waals surface area contributed by atoms with Crippen LogP contribution < -0.4 is 0 Å². The molecule has 0 amide bonds. The van der Waals surface area contributed by atoms with Gasteiger partial charge in [0.2, 0.25) is 0 Å². The zero-order chi connectivity index (χ0) is 14.5. The molecule has 1 aromatic carbocycles. The van der Waals surface area contributed by atoms with Crippen LogP contribution in [-0.2, 0) is 9.53 Å². The van der Waals surface area contributed by atoms with Crippen LogP contribution in [0.2, 0.25) is 0 Å². The maximum absolute atomic E-state index is 12.1. The van der Waals surface area contributed by atoms with E-state index in [9.17, 15) is 4.79 Å². The highest BCUT2D eigenvalue weighted by molar-refractivity contribution is 5.78. The third-order valence-electron chi connectivity index (χ3n) is 4.38. The largest absolute Gasteiger partial charge is 0.469 e. The Morgan fingerprint density at radius 3 is 2.65 bits per heavy atom. The van der Waals surface area contributed by atoms with Crippen LogP contribution in [0.4, 0.5) is 0 Å². The molecule has 0 saturated carbocycles. The van der Waals surface area contributed by atoms with Gasteiger partial charge in [-0.2, -0.15) is 0 Å². The molecule has 1 aliphatic heterocycles. The van der Waals surface area contributed by atoms with Crippen LogP contribution in [-0.4, -0.2) is 37.1 Å². The lowest BCUT2D eigenvalue weighted by molar-refractivity contribution is -0.143. The maximum Gasteiger partial charge on any atom is 0.314 e. The Balaban J connectivity index is 2.11. The number of methoxy groups -OCH3 is 1. The molecule has 20 heavy (non-hydrogen) atoms. The molecule has 1 aromatic rings. The van der Waals surface area contributed by atoms with Crippen molar-refractivity contribution in [3.8, 4) is 0 Å². The smallest absolute Gasteiger partial charge is 0.314 e. The van der Waals surface area contributed by atoms with Gasteiger partial charge in [-0.15, -0.1) is 0 Å². The molecule has 1 heterocycles. The average molecular weight is 275 g/mol. The first-order chi connectivity index (χ1) is 9.61. The number of ether oxygens (including phenoxy) is 1. The van der Waals surface area contributed by atoms with Crippen molar-refractivity contribution in [2.75, 3.05) is 20.2 Å². The summed E-state index contributed by atoms with van der Waals surface area (Å²) in [4.78, 5) is 14.5. The van der Waals surface area contributed by atoms with Gasteiger partial charge in [-0.25, -0.2) is 0 Å². The first kappa shape index (κ1) is 15.0. The van der Waals surface area contributed by atoms with E-state index in [1.165, 1.54) is 20.0 Å². The molecule has 3 atom stereocenters. The summed E-state index contributed by atoms with van der Waals surface area (Å²) in [6.07, 6.45) is 2.43. The van der Waals surface area contributed by atoms with Crippen molar-refractivity contribution in [2.24, 2.45) is 5.92 Å². The van der Waals surface area contributed by atoms with Crippen molar-refractivity contribution in [1.82, 2.24) is 4.90 Å². The topological polar surface area (TPSA) is 29.5 Å². The number of nitrogens with zero attached hydrogens (tertiary/aromatic N) is 1. The summed E-state index contributed by atoms with van der Waals surface area (Å²) < 4.78 is 5.00. The molecule has 1 aliphatic rings. The number of piperidine rings is 1. The third kappa shape index (κ3) is 3.60. The fourth-order valence-corrected chi connectivity index (χ4v) is 3.11. The minimum absolute atomic E-state index is 0.137.